The van der Waals surface area contributed by atoms with Crippen molar-refractivity contribution in [2.75, 3.05) is 0 Å². The molecule has 0 saturated heterocycles. The van der Waals surface area contributed by atoms with Gasteiger partial charge >= 0.3 is 11.9 Å². The fraction of sp³-hybridized carbons (Fsp3) is 0.576. The number of hydrogen-bond acceptors (Lipinski definition) is 4. The van der Waals surface area contributed by atoms with Gasteiger partial charge in [0, 0.05) is 11.1 Å². The second kappa shape index (κ2) is 10.7. The van der Waals surface area contributed by atoms with Crippen molar-refractivity contribution in [1.29, 1.82) is 0 Å². The fourth-order valence-corrected chi connectivity index (χ4v) is 4.56. The van der Waals surface area contributed by atoms with Crippen LogP contribution in [0.15, 0.2) is 24.3 Å². The number of benzene rings is 2. The molecule has 0 saturated carbocycles. The summed E-state index contributed by atoms with van der Waals surface area (Å²) in [7, 11) is 0. The highest BCUT2D eigenvalue weighted by Crippen LogP contribution is 2.43. The number of carbonyl (C=O) groups excluding carboxylic acids is 1. The maximum absolute atomic E-state index is 12.6. The smallest absolute Gasteiger partial charge is 0.311 e. The second-order valence-electron chi connectivity index (χ2n) is 14.6. The SMILES string of the molecule is CC(C)(C)c1cc(Cc2cc(C(C)(C)C)c(OC(=O)CCC(=O)O)c(C(C)(C)C)c2)cc(C(C)(C)C)c1O. The van der Waals surface area contributed by atoms with E-state index in [4.69, 9.17) is 9.84 Å². The lowest BCUT2D eigenvalue weighted by Crippen LogP contribution is -2.23. The zero-order valence-corrected chi connectivity index (χ0v) is 25.5. The van der Waals surface area contributed by atoms with Crippen molar-refractivity contribution in [1.82, 2.24) is 0 Å². The molecule has 0 fully saturated rings. The standard InChI is InChI=1S/C33H48O5/c1-30(2,3)22-16-20(17-23(28(22)37)31(4,5)6)15-21-18-24(32(7,8)9)29(25(19-21)33(10,11)12)38-27(36)14-13-26(34)35/h16-19,37H,13-15H2,1-12H3,(H,34,35). The lowest BCUT2D eigenvalue weighted by Gasteiger charge is -2.31. The van der Waals surface area contributed by atoms with E-state index in [0.29, 0.717) is 17.9 Å². The lowest BCUT2D eigenvalue weighted by atomic mass is 9.76. The summed E-state index contributed by atoms with van der Waals surface area (Å²) >= 11 is 0. The van der Waals surface area contributed by atoms with Crippen LogP contribution >= 0.6 is 0 Å². The van der Waals surface area contributed by atoms with Gasteiger partial charge in [-0.1, -0.05) is 107 Å². The average molecular weight is 525 g/mol. The topological polar surface area (TPSA) is 83.8 Å². The molecule has 2 N–H and O–H groups in total. The van der Waals surface area contributed by atoms with Gasteiger partial charge in [-0.3, -0.25) is 9.59 Å². The average Bonchev–Trinajstić information content (AvgIpc) is 2.71. The van der Waals surface area contributed by atoms with Crippen LogP contribution in [0, 0.1) is 0 Å². The Morgan fingerprint density at radius 3 is 1.29 bits per heavy atom. The van der Waals surface area contributed by atoms with Crippen LogP contribution in [0.2, 0.25) is 0 Å². The summed E-state index contributed by atoms with van der Waals surface area (Å²) in [5, 5.41) is 20.2. The lowest BCUT2D eigenvalue weighted by molar-refractivity contribution is -0.142. The summed E-state index contributed by atoms with van der Waals surface area (Å²) in [6.45, 7) is 25.2. The van der Waals surface area contributed by atoms with Crippen molar-refractivity contribution in [3.8, 4) is 11.5 Å². The molecule has 210 valence electrons. The summed E-state index contributed by atoms with van der Waals surface area (Å²) in [6, 6.07) is 8.43. The molecule has 5 heteroatoms. The summed E-state index contributed by atoms with van der Waals surface area (Å²) < 4.78 is 5.89. The molecule has 2 aromatic rings. The van der Waals surface area contributed by atoms with E-state index in [1.807, 2.05) is 0 Å². The van der Waals surface area contributed by atoms with Gasteiger partial charge in [-0.15, -0.1) is 0 Å². The van der Waals surface area contributed by atoms with E-state index < -0.39 is 11.9 Å². The maximum Gasteiger partial charge on any atom is 0.311 e. The van der Waals surface area contributed by atoms with Crippen LogP contribution in [-0.4, -0.2) is 22.2 Å². The Hall–Kier alpha value is -2.82. The number of aliphatic carboxylic acids is 1. The van der Waals surface area contributed by atoms with Crippen LogP contribution in [0.25, 0.3) is 0 Å². The molecule has 0 spiro atoms. The highest BCUT2D eigenvalue weighted by molar-refractivity contribution is 5.79. The molecule has 0 aliphatic rings. The molecule has 2 rings (SSSR count). The van der Waals surface area contributed by atoms with Crippen molar-refractivity contribution in [3.63, 3.8) is 0 Å². The zero-order valence-electron chi connectivity index (χ0n) is 25.5. The quantitative estimate of drug-likeness (QED) is 0.296. The number of ether oxygens (including phenoxy) is 1. The third-order valence-electron chi connectivity index (χ3n) is 6.72. The number of aromatic hydroxyl groups is 1. The van der Waals surface area contributed by atoms with E-state index in [9.17, 15) is 14.7 Å². The van der Waals surface area contributed by atoms with Crippen LogP contribution in [0.4, 0.5) is 0 Å². The van der Waals surface area contributed by atoms with Gasteiger partial charge < -0.3 is 14.9 Å². The first-order chi connectivity index (χ1) is 17.0. The van der Waals surface area contributed by atoms with Gasteiger partial charge in [-0.05, 0) is 50.3 Å². The van der Waals surface area contributed by atoms with Crippen molar-refractivity contribution < 1.29 is 24.5 Å². The van der Waals surface area contributed by atoms with E-state index in [1.54, 1.807) is 0 Å². The van der Waals surface area contributed by atoms with E-state index in [1.165, 1.54) is 0 Å². The van der Waals surface area contributed by atoms with Crippen LogP contribution < -0.4 is 4.74 Å². The summed E-state index contributed by atoms with van der Waals surface area (Å²) in [4.78, 5) is 23.6. The third kappa shape index (κ3) is 7.85. The Bertz CT molecular complexity index is 1120. The minimum absolute atomic E-state index is 0.178. The van der Waals surface area contributed by atoms with E-state index >= 15 is 0 Å². The summed E-state index contributed by atoms with van der Waals surface area (Å²) in [6.07, 6.45) is 0.217. The van der Waals surface area contributed by atoms with Crippen LogP contribution in [-0.2, 0) is 37.7 Å². The number of phenolic OH excluding ortho intramolecular Hbond substituents is 1. The molecule has 0 radical (unpaired) electrons. The monoisotopic (exact) mass is 524 g/mol. The molecule has 0 atom stereocenters. The van der Waals surface area contributed by atoms with Crippen molar-refractivity contribution in [2.24, 2.45) is 0 Å². The molecule has 0 unspecified atom stereocenters. The minimum Gasteiger partial charge on any atom is -0.507 e. The molecule has 2 aromatic carbocycles. The minimum atomic E-state index is -1.03. The van der Waals surface area contributed by atoms with Crippen molar-refractivity contribution in [2.45, 2.75) is 124 Å². The van der Waals surface area contributed by atoms with Gasteiger partial charge in [0.05, 0.1) is 12.8 Å². The van der Waals surface area contributed by atoms with E-state index in [2.05, 4.69) is 107 Å². The molecular formula is C33H48O5. The Balaban J connectivity index is 2.74. The van der Waals surface area contributed by atoms with E-state index in [0.717, 1.165) is 33.4 Å². The van der Waals surface area contributed by atoms with E-state index in [-0.39, 0.29) is 34.5 Å². The Morgan fingerprint density at radius 2 is 0.974 bits per heavy atom. The van der Waals surface area contributed by atoms with Gasteiger partial charge in [-0.25, -0.2) is 0 Å². The van der Waals surface area contributed by atoms with Gasteiger partial charge in [0.1, 0.15) is 11.5 Å². The first-order valence-corrected chi connectivity index (χ1v) is 13.5. The first kappa shape index (κ1) is 31.4. The maximum atomic E-state index is 12.6. The number of carboxylic acids is 1. The van der Waals surface area contributed by atoms with Crippen molar-refractivity contribution in [3.05, 3.63) is 57.6 Å². The summed E-state index contributed by atoms with van der Waals surface area (Å²) in [5.74, 6) is -0.675. The number of esters is 1. The molecule has 0 amide bonds. The fourth-order valence-electron chi connectivity index (χ4n) is 4.56. The molecular weight excluding hydrogens is 476 g/mol. The number of carboxylic acid groups (broad SMARTS) is 1. The molecule has 0 bridgehead atoms. The van der Waals surface area contributed by atoms with Crippen LogP contribution in [0.3, 0.4) is 0 Å². The number of hydrogen-bond donors (Lipinski definition) is 2. The normalized spacial score (nSPS) is 12.9. The Labute approximate surface area is 229 Å². The molecule has 0 aliphatic heterocycles. The predicted molar refractivity (Wildman–Crippen MR) is 155 cm³/mol. The van der Waals surface area contributed by atoms with Crippen molar-refractivity contribution >= 4 is 11.9 Å². The largest absolute Gasteiger partial charge is 0.507 e. The Kier molecular flexibility index (Phi) is 8.88. The summed E-state index contributed by atoms with van der Waals surface area (Å²) in [5.41, 5.74) is 4.80. The first-order valence-electron chi connectivity index (χ1n) is 13.5. The van der Waals surface area contributed by atoms with Crippen LogP contribution in [0.1, 0.15) is 129 Å². The van der Waals surface area contributed by atoms with Crippen LogP contribution in [0.5, 0.6) is 11.5 Å². The second-order valence-corrected chi connectivity index (χ2v) is 14.6. The highest BCUT2D eigenvalue weighted by atomic mass is 16.5. The molecule has 0 aliphatic carbocycles. The van der Waals surface area contributed by atoms with Gasteiger partial charge in [0.25, 0.3) is 0 Å². The Morgan fingerprint density at radius 1 is 0.632 bits per heavy atom. The molecule has 5 nitrogen and oxygen atoms in total. The molecule has 0 heterocycles. The highest BCUT2D eigenvalue weighted by Gasteiger charge is 2.30. The molecule has 0 aromatic heterocycles. The van der Waals surface area contributed by atoms with Gasteiger partial charge in [0.2, 0.25) is 0 Å². The van der Waals surface area contributed by atoms with Gasteiger partial charge in [0.15, 0.2) is 0 Å². The molecule has 38 heavy (non-hydrogen) atoms. The number of carbonyl (C=O) groups is 2. The third-order valence-corrected chi connectivity index (χ3v) is 6.72. The predicted octanol–water partition coefficient (Wildman–Crippen LogP) is 7.94. The number of rotatable bonds is 6. The van der Waals surface area contributed by atoms with Gasteiger partial charge in [-0.2, -0.15) is 0 Å². The number of phenols is 1. The zero-order chi connectivity index (χ0) is 29.4.